The zero-order valence-corrected chi connectivity index (χ0v) is 9.81. The summed E-state index contributed by atoms with van der Waals surface area (Å²) >= 11 is 0. The highest BCUT2D eigenvalue weighted by Crippen LogP contribution is 2.22. The summed E-state index contributed by atoms with van der Waals surface area (Å²) in [5.41, 5.74) is 0. The van der Waals surface area contributed by atoms with E-state index in [1.54, 1.807) is 19.5 Å². The fraction of sp³-hybridized carbons (Fsp3) is 0.636. The molecule has 5 nitrogen and oxygen atoms in total. The Labute approximate surface area is 95.8 Å². The molecule has 1 N–H and O–H groups in total. The third-order valence-electron chi connectivity index (χ3n) is 2.91. The molecule has 0 aliphatic carbocycles. The summed E-state index contributed by atoms with van der Waals surface area (Å²) in [4.78, 5) is 10.8. The average Bonchev–Trinajstić information content (AvgIpc) is 2.78. The van der Waals surface area contributed by atoms with Gasteiger partial charge in [-0.15, -0.1) is 0 Å². The summed E-state index contributed by atoms with van der Waals surface area (Å²) < 4.78 is 5.08. The fourth-order valence-electron chi connectivity index (χ4n) is 2.09. The van der Waals surface area contributed by atoms with Crippen molar-refractivity contribution in [3.05, 3.63) is 12.4 Å². The lowest BCUT2D eigenvalue weighted by Crippen LogP contribution is -2.25. The lowest BCUT2D eigenvalue weighted by molar-refractivity contribution is 0.395. The number of nitrogens with one attached hydrogen (secondary N) is 1. The molecule has 2 heterocycles. The molecular weight excluding hydrogens is 204 g/mol. The maximum Gasteiger partial charge on any atom is 0.233 e. The highest BCUT2D eigenvalue weighted by atomic mass is 16.5. The zero-order chi connectivity index (χ0) is 11.4. The van der Waals surface area contributed by atoms with Crippen molar-refractivity contribution in [2.24, 2.45) is 5.92 Å². The van der Waals surface area contributed by atoms with Crippen LogP contribution in [0.5, 0.6) is 5.88 Å². The van der Waals surface area contributed by atoms with Crippen LogP contribution in [0.2, 0.25) is 0 Å². The highest BCUT2D eigenvalue weighted by molar-refractivity contribution is 5.38. The van der Waals surface area contributed by atoms with Gasteiger partial charge in [0.1, 0.15) is 0 Å². The van der Waals surface area contributed by atoms with E-state index in [0.29, 0.717) is 11.8 Å². The van der Waals surface area contributed by atoms with Crippen molar-refractivity contribution in [3.8, 4) is 5.88 Å². The first-order chi connectivity index (χ1) is 7.83. The van der Waals surface area contributed by atoms with Crippen LogP contribution in [0.4, 0.5) is 5.82 Å². The van der Waals surface area contributed by atoms with Crippen molar-refractivity contribution in [1.29, 1.82) is 0 Å². The Morgan fingerprint density at radius 2 is 2.44 bits per heavy atom. The van der Waals surface area contributed by atoms with Crippen LogP contribution in [0.3, 0.4) is 0 Å². The fourth-order valence-corrected chi connectivity index (χ4v) is 2.09. The number of hydrogen-bond donors (Lipinski definition) is 1. The minimum atomic E-state index is 0.578. The minimum Gasteiger partial charge on any atom is -0.480 e. The SMILES string of the molecule is CNCC1CCN(c2cncc(OC)n2)C1. The summed E-state index contributed by atoms with van der Waals surface area (Å²) in [6.45, 7) is 3.16. The van der Waals surface area contributed by atoms with Gasteiger partial charge in [0.15, 0.2) is 5.82 Å². The molecule has 0 saturated carbocycles. The van der Waals surface area contributed by atoms with Gasteiger partial charge in [-0.05, 0) is 25.9 Å². The largest absolute Gasteiger partial charge is 0.480 e. The molecule has 5 heteroatoms. The van der Waals surface area contributed by atoms with E-state index >= 15 is 0 Å². The van der Waals surface area contributed by atoms with Crippen LogP contribution in [0.1, 0.15) is 6.42 Å². The molecule has 1 aliphatic heterocycles. The molecule has 1 atom stereocenters. The monoisotopic (exact) mass is 222 g/mol. The predicted molar refractivity (Wildman–Crippen MR) is 62.8 cm³/mol. The van der Waals surface area contributed by atoms with Gasteiger partial charge in [-0.2, -0.15) is 4.98 Å². The second kappa shape index (κ2) is 5.12. The Hall–Kier alpha value is -1.36. The number of aromatic nitrogens is 2. The molecule has 0 bridgehead atoms. The maximum atomic E-state index is 5.08. The third-order valence-corrected chi connectivity index (χ3v) is 2.91. The number of nitrogens with zero attached hydrogens (tertiary/aromatic N) is 3. The van der Waals surface area contributed by atoms with Crippen LogP contribution in [-0.2, 0) is 0 Å². The van der Waals surface area contributed by atoms with Gasteiger partial charge in [-0.3, -0.25) is 4.98 Å². The number of anilines is 1. The molecule has 1 aromatic rings. The second-order valence-corrected chi connectivity index (χ2v) is 4.08. The van der Waals surface area contributed by atoms with Crippen molar-refractivity contribution in [1.82, 2.24) is 15.3 Å². The van der Waals surface area contributed by atoms with Crippen molar-refractivity contribution >= 4 is 5.82 Å². The molecule has 0 amide bonds. The number of methoxy groups -OCH3 is 1. The second-order valence-electron chi connectivity index (χ2n) is 4.08. The van der Waals surface area contributed by atoms with Crippen molar-refractivity contribution < 1.29 is 4.74 Å². The first-order valence-corrected chi connectivity index (χ1v) is 5.59. The average molecular weight is 222 g/mol. The van der Waals surface area contributed by atoms with Gasteiger partial charge in [-0.1, -0.05) is 0 Å². The molecule has 1 fully saturated rings. The predicted octanol–water partition coefficient (Wildman–Crippen LogP) is 0.531. The quantitative estimate of drug-likeness (QED) is 0.805. The number of hydrogen-bond acceptors (Lipinski definition) is 5. The first-order valence-electron chi connectivity index (χ1n) is 5.59. The smallest absolute Gasteiger partial charge is 0.233 e. The van der Waals surface area contributed by atoms with Gasteiger partial charge in [0.2, 0.25) is 5.88 Å². The van der Waals surface area contributed by atoms with E-state index in [2.05, 4.69) is 20.2 Å². The van der Waals surface area contributed by atoms with Gasteiger partial charge in [0, 0.05) is 13.1 Å². The van der Waals surface area contributed by atoms with E-state index in [1.165, 1.54) is 6.42 Å². The first kappa shape index (κ1) is 11.1. The van der Waals surface area contributed by atoms with E-state index in [1.807, 2.05) is 7.05 Å². The Bertz CT molecular complexity index is 345. The Balaban J connectivity index is 2.02. The molecule has 0 aromatic carbocycles. The lowest BCUT2D eigenvalue weighted by atomic mass is 10.1. The van der Waals surface area contributed by atoms with E-state index in [9.17, 15) is 0 Å². The molecular formula is C11H18N4O. The van der Waals surface area contributed by atoms with Crippen LogP contribution < -0.4 is 15.0 Å². The van der Waals surface area contributed by atoms with E-state index in [0.717, 1.165) is 25.5 Å². The molecule has 0 spiro atoms. The molecule has 1 aromatic heterocycles. The molecule has 16 heavy (non-hydrogen) atoms. The topological polar surface area (TPSA) is 50.3 Å². The molecule has 0 radical (unpaired) electrons. The normalized spacial score (nSPS) is 20.1. The number of ether oxygens (including phenoxy) is 1. The summed E-state index contributed by atoms with van der Waals surface area (Å²) in [6, 6.07) is 0. The summed E-state index contributed by atoms with van der Waals surface area (Å²) in [6.07, 6.45) is 4.63. The maximum absolute atomic E-state index is 5.08. The van der Waals surface area contributed by atoms with E-state index in [-0.39, 0.29) is 0 Å². The van der Waals surface area contributed by atoms with Crippen molar-refractivity contribution in [2.45, 2.75) is 6.42 Å². The summed E-state index contributed by atoms with van der Waals surface area (Å²) in [7, 11) is 3.61. The van der Waals surface area contributed by atoms with Crippen LogP contribution in [0.15, 0.2) is 12.4 Å². The van der Waals surface area contributed by atoms with E-state index < -0.39 is 0 Å². The van der Waals surface area contributed by atoms with Crippen molar-refractivity contribution in [2.75, 3.05) is 38.7 Å². The molecule has 1 saturated heterocycles. The molecule has 1 unspecified atom stereocenters. The van der Waals surface area contributed by atoms with Crippen LogP contribution in [0, 0.1) is 5.92 Å². The van der Waals surface area contributed by atoms with Crippen LogP contribution in [-0.4, -0.2) is 43.8 Å². The Morgan fingerprint density at radius 3 is 3.19 bits per heavy atom. The summed E-state index contributed by atoms with van der Waals surface area (Å²) in [5.74, 6) is 2.20. The lowest BCUT2D eigenvalue weighted by Gasteiger charge is -2.17. The Morgan fingerprint density at radius 1 is 1.56 bits per heavy atom. The van der Waals surface area contributed by atoms with Gasteiger partial charge >= 0.3 is 0 Å². The van der Waals surface area contributed by atoms with Crippen LogP contribution in [0.25, 0.3) is 0 Å². The standard InChI is InChI=1S/C11H18N4O/c1-12-5-9-3-4-15(8-9)10-6-13-7-11(14-10)16-2/h6-7,9,12H,3-5,8H2,1-2H3. The minimum absolute atomic E-state index is 0.578. The molecule has 2 rings (SSSR count). The highest BCUT2D eigenvalue weighted by Gasteiger charge is 2.23. The van der Waals surface area contributed by atoms with Gasteiger partial charge in [0.25, 0.3) is 0 Å². The number of rotatable bonds is 4. The van der Waals surface area contributed by atoms with Crippen LogP contribution >= 0.6 is 0 Å². The van der Waals surface area contributed by atoms with Crippen molar-refractivity contribution in [3.63, 3.8) is 0 Å². The third kappa shape index (κ3) is 2.41. The van der Waals surface area contributed by atoms with E-state index in [4.69, 9.17) is 4.74 Å². The van der Waals surface area contributed by atoms with Gasteiger partial charge in [0.05, 0.1) is 19.5 Å². The molecule has 1 aliphatic rings. The zero-order valence-electron chi connectivity index (χ0n) is 9.81. The molecule has 88 valence electrons. The van der Waals surface area contributed by atoms with Gasteiger partial charge < -0.3 is 15.0 Å². The Kier molecular flexibility index (Phi) is 3.56. The summed E-state index contributed by atoms with van der Waals surface area (Å²) in [5, 5.41) is 3.22. The van der Waals surface area contributed by atoms with Gasteiger partial charge in [-0.25, -0.2) is 0 Å².